The lowest BCUT2D eigenvalue weighted by atomic mass is 10.4. The molecular formula is C8H13Br2N3. The van der Waals surface area contributed by atoms with Gasteiger partial charge in [0.25, 0.3) is 0 Å². The van der Waals surface area contributed by atoms with Gasteiger partial charge in [-0.1, -0.05) is 6.92 Å². The van der Waals surface area contributed by atoms with Gasteiger partial charge in [-0.3, -0.25) is 0 Å². The molecular weight excluding hydrogens is 298 g/mol. The van der Waals surface area contributed by atoms with Crippen LogP contribution in [0.25, 0.3) is 0 Å². The molecule has 0 spiro atoms. The van der Waals surface area contributed by atoms with Crippen LogP contribution in [0.4, 0.5) is 0 Å². The van der Waals surface area contributed by atoms with E-state index in [2.05, 4.69) is 49.1 Å². The quantitative estimate of drug-likeness (QED) is 0.866. The molecule has 0 unspecified atom stereocenters. The van der Waals surface area contributed by atoms with E-state index in [-0.39, 0.29) is 0 Å². The Bertz CT molecular complexity index is 283. The molecule has 0 saturated carbocycles. The lowest BCUT2D eigenvalue weighted by Gasteiger charge is -2.03. The maximum Gasteiger partial charge on any atom is 0.139 e. The first-order chi connectivity index (χ1) is 6.16. The van der Waals surface area contributed by atoms with Gasteiger partial charge in [-0.05, 0) is 44.8 Å². The zero-order chi connectivity index (χ0) is 9.84. The topological polar surface area (TPSA) is 29.9 Å². The van der Waals surface area contributed by atoms with Crippen molar-refractivity contribution in [2.45, 2.75) is 19.9 Å². The highest BCUT2D eigenvalue weighted by molar-refractivity contribution is 9.13. The summed E-state index contributed by atoms with van der Waals surface area (Å²) in [5.41, 5.74) is 0. The molecule has 74 valence electrons. The second-order valence-corrected chi connectivity index (χ2v) is 4.35. The van der Waals surface area contributed by atoms with Crippen LogP contribution in [-0.4, -0.2) is 16.1 Å². The van der Waals surface area contributed by atoms with Crippen molar-refractivity contribution in [2.75, 3.05) is 6.54 Å². The maximum absolute atomic E-state index is 4.35. The minimum atomic E-state index is 0.814. The van der Waals surface area contributed by atoms with Crippen molar-refractivity contribution >= 4 is 31.9 Å². The molecule has 0 amide bonds. The third-order valence-electron chi connectivity index (χ3n) is 1.79. The molecule has 1 N–H and O–H groups in total. The molecule has 0 fully saturated rings. The minimum absolute atomic E-state index is 0.814. The molecule has 0 atom stereocenters. The average Bonchev–Trinajstić information content (AvgIpc) is 2.34. The molecule has 1 aromatic heterocycles. The predicted octanol–water partition coefficient (Wildman–Crippen LogP) is 2.44. The highest BCUT2D eigenvalue weighted by Gasteiger charge is 2.08. The Morgan fingerprint density at radius 3 is 2.62 bits per heavy atom. The summed E-state index contributed by atoms with van der Waals surface area (Å²) in [4.78, 5) is 4.35. The van der Waals surface area contributed by atoms with Gasteiger partial charge < -0.3 is 9.88 Å². The Morgan fingerprint density at radius 2 is 2.15 bits per heavy atom. The first-order valence-corrected chi connectivity index (χ1v) is 5.82. The summed E-state index contributed by atoms with van der Waals surface area (Å²) < 4.78 is 3.87. The molecule has 0 aliphatic carbocycles. The van der Waals surface area contributed by atoms with Crippen LogP contribution in [0.5, 0.6) is 0 Å². The van der Waals surface area contributed by atoms with Crippen molar-refractivity contribution in [1.82, 2.24) is 14.9 Å². The minimum Gasteiger partial charge on any atom is -0.324 e. The van der Waals surface area contributed by atoms with E-state index in [1.54, 1.807) is 0 Å². The highest BCUT2D eigenvalue weighted by atomic mass is 79.9. The molecule has 0 saturated heterocycles. The fraction of sp³-hybridized carbons (Fsp3) is 0.625. The molecule has 1 rings (SSSR count). The van der Waals surface area contributed by atoms with Crippen molar-refractivity contribution in [3.8, 4) is 0 Å². The Kier molecular flexibility index (Phi) is 4.41. The molecule has 0 aromatic carbocycles. The van der Waals surface area contributed by atoms with E-state index in [1.165, 1.54) is 0 Å². The van der Waals surface area contributed by atoms with E-state index < -0.39 is 0 Å². The first-order valence-electron chi connectivity index (χ1n) is 4.24. The summed E-state index contributed by atoms with van der Waals surface area (Å²) in [7, 11) is 1.99. The Hall–Kier alpha value is 0.130. The van der Waals surface area contributed by atoms with Crippen molar-refractivity contribution in [3.63, 3.8) is 0 Å². The number of hydrogen-bond donors (Lipinski definition) is 1. The van der Waals surface area contributed by atoms with Crippen LogP contribution in [0.1, 0.15) is 19.2 Å². The largest absolute Gasteiger partial charge is 0.324 e. The Labute approximate surface area is 95.2 Å². The second kappa shape index (κ2) is 5.12. The van der Waals surface area contributed by atoms with Gasteiger partial charge in [-0.15, -0.1) is 0 Å². The van der Waals surface area contributed by atoms with Gasteiger partial charge >= 0.3 is 0 Å². The molecule has 1 aromatic rings. The van der Waals surface area contributed by atoms with E-state index in [0.29, 0.717) is 0 Å². The van der Waals surface area contributed by atoms with Gasteiger partial charge in [0.15, 0.2) is 0 Å². The molecule has 0 aliphatic rings. The SMILES string of the molecule is CCCNCc1nc(Br)c(Br)n1C. The fourth-order valence-corrected chi connectivity index (χ4v) is 1.79. The van der Waals surface area contributed by atoms with Crippen LogP contribution in [-0.2, 0) is 13.6 Å². The van der Waals surface area contributed by atoms with Crippen LogP contribution in [0.15, 0.2) is 9.21 Å². The van der Waals surface area contributed by atoms with Crippen LogP contribution in [0.3, 0.4) is 0 Å². The monoisotopic (exact) mass is 309 g/mol. The van der Waals surface area contributed by atoms with Crippen LogP contribution in [0, 0.1) is 0 Å². The molecule has 13 heavy (non-hydrogen) atoms. The van der Waals surface area contributed by atoms with Gasteiger partial charge in [-0.2, -0.15) is 0 Å². The van der Waals surface area contributed by atoms with Gasteiger partial charge in [0.1, 0.15) is 15.0 Å². The van der Waals surface area contributed by atoms with Crippen molar-refractivity contribution in [3.05, 3.63) is 15.0 Å². The van der Waals surface area contributed by atoms with Gasteiger partial charge in [0.05, 0.1) is 6.54 Å². The van der Waals surface area contributed by atoms with E-state index >= 15 is 0 Å². The van der Waals surface area contributed by atoms with Gasteiger partial charge in [0.2, 0.25) is 0 Å². The van der Waals surface area contributed by atoms with Crippen LogP contribution < -0.4 is 5.32 Å². The van der Waals surface area contributed by atoms with Crippen molar-refractivity contribution in [2.24, 2.45) is 7.05 Å². The molecule has 0 radical (unpaired) electrons. The maximum atomic E-state index is 4.35. The summed E-state index contributed by atoms with van der Waals surface area (Å²) in [6.45, 7) is 3.99. The normalized spacial score (nSPS) is 10.8. The standard InChI is InChI=1S/C8H13Br2N3/c1-3-4-11-5-6-12-7(9)8(10)13(6)2/h11H,3-5H2,1-2H3. The number of imidazole rings is 1. The summed E-state index contributed by atoms with van der Waals surface area (Å²) in [5, 5.41) is 3.31. The lowest BCUT2D eigenvalue weighted by molar-refractivity contribution is 0.628. The van der Waals surface area contributed by atoms with E-state index in [9.17, 15) is 0 Å². The van der Waals surface area contributed by atoms with E-state index in [4.69, 9.17) is 0 Å². The third-order valence-corrected chi connectivity index (χ3v) is 3.78. The molecule has 0 bridgehead atoms. The summed E-state index contributed by atoms with van der Waals surface area (Å²) in [5.74, 6) is 1.03. The zero-order valence-electron chi connectivity index (χ0n) is 7.77. The highest BCUT2D eigenvalue weighted by Crippen LogP contribution is 2.22. The lowest BCUT2D eigenvalue weighted by Crippen LogP contribution is -2.16. The van der Waals surface area contributed by atoms with Gasteiger partial charge in [0, 0.05) is 7.05 Å². The van der Waals surface area contributed by atoms with Crippen molar-refractivity contribution in [1.29, 1.82) is 0 Å². The summed E-state index contributed by atoms with van der Waals surface area (Å²) in [6, 6.07) is 0. The number of nitrogens with zero attached hydrogens (tertiary/aromatic N) is 2. The van der Waals surface area contributed by atoms with Crippen LogP contribution >= 0.6 is 31.9 Å². The number of hydrogen-bond acceptors (Lipinski definition) is 2. The molecule has 1 heterocycles. The fourth-order valence-electron chi connectivity index (χ4n) is 1.02. The molecule has 0 aliphatic heterocycles. The average molecular weight is 311 g/mol. The molecule has 5 heteroatoms. The zero-order valence-corrected chi connectivity index (χ0v) is 10.9. The Balaban J connectivity index is 2.61. The summed E-state index contributed by atoms with van der Waals surface area (Å²) in [6.07, 6.45) is 1.15. The van der Waals surface area contributed by atoms with E-state index in [0.717, 1.165) is 34.5 Å². The number of halogens is 2. The third kappa shape index (κ3) is 2.79. The predicted molar refractivity (Wildman–Crippen MR) is 60.6 cm³/mol. The first kappa shape index (κ1) is 11.2. The van der Waals surface area contributed by atoms with Crippen LogP contribution in [0.2, 0.25) is 0 Å². The summed E-state index contributed by atoms with van der Waals surface area (Å²) >= 11 is 6.80. The smallest absolute Gasteiger partial charge is 0.139 e. The molecule has 3 nitrogen and oxygen atoms in total. The Morgan fingerprint density at radius 1 is 1.46 bits per heavy atom. The number of rotatable bonds is 4. The second-order valence-electron chi connectivity index (χ2n) is 2.85. The number of aromatic nitrogens is 2. The number of nitrogens with one attached hydrogen (secondary N) is 1. The van der Waals surface area contributed by atoms with E-state index in [1.807, 2.05) is 11.6 Å². The van der Waals surface area contributed by atoms with Gasteiger partial charge in [-0.25, -0.2) is 4.98 Å². The van der Waals surface area contributed by atoms with Crippen molar-refractivity contribution < 1.29 is 0 Å².